The molecule has 2 rings (SSSR count). The average Bonchev–Trinajstić information content (AvgIpc) is 2.49. The number of nitrogens with one attached hydrogen (secondary N) is 2. The Morgan fingerprint density at radius 1 is 1.32 bits per heavy atom. The Morgan fingerprint density at radius 2 is 2.05 bits per heavy atom. The van der Waals surface area contributed by atoms with Crippen molar-refractivity contribution in [2.45, 2.75) is 19.9 Å². The van der Waals surface area contributed by atoms with Crippen LogP contribution < -0.4 is 9.44 Å². The number of rotatable bonds is 7. The van der Waals surface area contributed by atoms with Crippen LogP contribution in [-0.2, 0) is 21.5 Å². The second-order valence-electron chi connectivity index (χ2n) is 5.19. The molecule has 6 nitrogen and oxygen atoms in total. The van der Waals surface area contributed by atoms with Gasteiger partial charge in [0.05, 0.1) is 18.9 Å². The lowest BCUT2D eigenvalue weighted by Crippen LogP contribution is -2.35. The molecule has 1 heterocycles. The second kappa shape index (κ2) is 8.12. The van der Waals surface area contributed by atoms with E-state index in [0.717, 1.165) is 44.8 Å². The summed E-state index contributed by atoms with van der Waals surface area (Å²) in [5.41, 5.74) is 1.44. The van der Waals surface area contributed by atoms with Crippen molar-refractivity contribution in [1.82, 2.24) is 9.62 Å². The van der Waals surface area contributed by atoms with Crippen molar-refractivity contribution in [3.63, 3.8) is 0 Å². The maximum atomic E-state index is 11.8. The summed E-state index contributed by atoms with van der Waals surface area (Å²) in [6, 6.07) is 5.23. The Balaban J connectivity index is 1.99. The van der Waals surface area contributed by atoms with Crippen molar-refractivity contribution >= 4 is 27.5 Å². The van der Waals surface area contributed by atoms with Crippen molar-refractivity contribution in [1.29, 1.82) is 0 Å². The molecule has 8 heteroatoms. The first-order chi connectivity index (χ1) is 10.5. The van der Waals surface area contributed by atoms with E-state index in [1.54, 1.807) is 12.1 Å². The SMILES string of the molecule is CCCNS(=O)(=O)Nc1ccc(CN2CCOCC2)c(Cl)c1. The van der Waals surface area contributed by atoms with E-state index >= 15 is 0 Å². The van der Waals surface area contributed by atoms with Gasteiger partial charge >= 0.3 is 0 Å². The van der Waals surface area contributed by atoms with Gasteiger partial charge in [-0.05, 0) is 24.1 Å². The molecule has 1 saturated heterocycles. The van der Waals surface area contributed by atoms with Crippen LogP contribution in [0.5, 0.6) is 0 Å². The first-order valence-electron chi connectivity index (χ1n) is 7.36. The smallest absolute Gasteiger partial charge is 0.299 e. The molecule has 0 aromatic heterocycles. The highest BCUT2D eigenvalue weighted by molar-refractivity contribution is 7.90. The fraction of sp³-hybridized carbons (Fsp3) is 0.571. The standard InChI is InChI=1S/C14H22ClN3O3S/c1-2-5-16-22(19,20)17-13-4-3-12(14(15)10-13)11-18-6-8-21-9-7-18/h3-4,10,16-17H,2,5-9,11H2,1H3. The Labute approximate surface area is 137 Å². The number of ether oxygens (including phenoxy) is 1. The fourth-order valence-electron chi connectivity index (χ4n) is 2.17. The van der Waals surface area contributed by atoms with Crippen LogP contribution in [0, 0.1) is 0 Å². The third kappa shape index (κ3) is 5.40. The first-order valence-corrected chi connectivity index (χ1v) is 9.22. The third-order valence-electron chi connectivity index (χ3n) is 3.35. The largest absolute Gasteiger partial charge is 0.379 e. The molecule has 0 atom stereocenters. The zero-order chi connectivity index (χ0) is 16.0. The quantitative estimate of drug-likeness (QED) is 0.789. The molecule has 124 valence electrons. The molecule has 0 unspecified atom stereocenters. The van der Waals surface area contributed by atoms with Gasteiger partial charge in [0.1, 0.15) is 0 Å². The van der Waals surface area contributed by atoms with Crippen molar-refractivity contribution < 1.29 is 13.2 Å². The minimum absolute atomic E-state index is 0.401. The highest BCUT2D eigenvalue weighted by atomic mass is 35.5. The molecule has 22 heavy (non-hydrogen) atoms. The number of hydrogen-bond acceptors (Lipinski definition) is 4. The Hall–Kier alpha value is -0.860. The molecule has 0 amide bonds. The molecule has 2 N–H and O–H groups in total. The van der Waals surface area contributed by atoms with Gasteiger partial charge in [0, 0.05) is 31.2 Å². The Bertz CT molecular complexity index is 589. The Kier molecular flexibility index (Phi) is 6.46. The number of halogens is 1. The first kappa shape index (κ1) is 17.5. The molecule has 1 aromatic carbocycles. The van der Waals surface area contributed by atoms with Gasteiger partial charge in [-0.1, -0.05) is 24.6 Å². The van der Waals surface area contributed by atoms with E-state index in [1.807, 2.05) is 13.0 Å². The van der Waals surface area contributed by atoms with Crippen LogP contribution in [0.1, 0.15) is 18.9 Å². The van der Waals surface area contributed by atoms with E-state index in [2.05, 4.69) is 14.3 Å². The molecule has 0 radical (unpaired) electrons. The monoisotopic (exact) mass is 347 g/mol. The molecule has 1 aliphatic heterocycles. The molecule has 0 saturated carbocycles. The van der Waals surface area contributed by atoms with Gasteiger partial charge in [-0.2, -0.15) is 13.1 Å². The molecular weight excluding hydrogens is 326 g/mol. The molecule has 0 bridgehead atoms. The minimum Gasteiger partial charge on any atom is -0.379 e. The van der Waals surface area contributed by atoms with E-state index in [4.69, 9.17) is 16.3 Å². The van der Waals surface area contributed by atoms with E-state index in [9.17, 15) is 8.42 Å². The fourth-order valence-corrected chi connectivity index (χ4v) is 3.39. The van der Waals surface area contributed by atoms with Gasteiger partial charge < -0.3 is 4.74 Å². The van der Waals surface area contributed by atoms with Gasteiger partial charge in [-0.3, -0.25) is 9.62 Å². The van der Waals surface area contributed by atoms with Crippen molar-refractivity contribution in [3.8, 4) is 0 Å². The van der Waals surface area contributed by atoms with E-state index in [0.29, 0.717) is 17.3 Å². The molecule has 0 aliphatic carbocycles. The third-order valence-corrected chi connectivity index (χ3v) is 4.79. The minimum atomic E-state index is -3.54. The van der Waals surface area contributed by atoms with Crippen molar-refractivity contribution in [2.24, 2.45) is 0 Å². The lowest BCUT2D eigenvalue weighted by atomic mass is 10.2. The summed E-state index contributed by atoms with van der Waals surface area (Å²) in [5.74, 6) is 0. The van der Waals surface area contributed by atoms with Gasteiger partial charge in [-0.25, -0.2) is 0 Å². The van der Waals surface area contributed by atoms with Gasteiger partial charge in [0.2, 0.25) is 0 Å². The zero-order valence-corrected chi connectivity index (χ0v) is 14.2. The van der Waals surface area contributed by atoms with Crippen LogP contribution in [0.2, 0.25) is 5.02 Å². The van der Waals surface area contributed by atoms with Gasteiger partial charge in [0.15, 0.2) is 0 Å². The molecule has 1 fully saturated rings. The zero-order valence-electron chi connectivity index (χ0n) is 12.6. The van der Waals surface area contributed by atoms with E-state index < -0.39 is 10.2 Å². The molecule has 1 aliphatic rings. The van der Waals surface area contributed by atoms with Crippen LogP contribution in [0.4, 0.5) is 5.69 Å². The van der Waals surface area contributed by atoms with E-state index in [1.165, 1.54) is 0 Å². The molecule has 1 aromatic rings. The summed E-state index contributed by atoms with van der Waals surface area (Å²) in [6.45, 7) is 6.27. The number of hydrogen-bond donors (Lipinski definition) is 2. The summed E-state index contributed by atoms with van der Waals surface area (Å²) >= 11 is 6.27. The van der Waals surface area contributed by atoms with Crippen molar-refractivity contribution in [3.05, 3.63) is 28.8 Å². The maximum absolute atomic E-state index is 11.8. The summed E-state index contributed by atoms with van der Waals surface area (Å²) in [6.07, 6.45) is 0.736. The van der Waals surface area contributed by atoms with Crippen LogP contribution >= 0.6 is 11.6 Å². The van der Waals surface area contributed by atoms with Crippen molar-refractivity contribution in [2.75, 3.05) is 37.6 Å². The van der Waals surface area contributed by atoms with Crippen LogP contribution in [0.25, 0.3) is 0 Å². The lowest BCUT2D eigenvalue weighted by molar-refractivity contribution is 0.0342. The molecule has 0 spiro atoms. The highest BCUT2D eigenvalue weighted by Crippen LogP contribution is 2.23. The lowest BCUT2D eigenvalue weighted by Gasteiger charge is -2.27. The van der Waals surface area contributed by atoms with Crippen LogP contribution in [-0.4, -0.2) is 46.2 Å². The number of morpholine rings is 1. The van der Waals surface area contributed by atoms with Gasteiger partial charge in [0.25, 0.3) is 10.2 Å². The van der Waals surface area contributed by atoms with Gasteiger partial charge in [-0.15, -0.1) is 0 Å². The summed E-state index contributed by atoms with van der Waals surface area (Å²) < 4.78 is 33.8. The normalized spacial score (nSPS) is 16.6. The predicted molar refractivity (Wildman–Crippen MR) is 88.4 cm³/mol. The van der Waals surface area contributed by atoms with Crippen LogP contribution in [0.15, 0.2) is 18.2 Å². The average molecular weight is 348 g/mol. The Morgan fingerprint density at radius 3 is 2.68 bits per heavy atom. The summed E-state index contributed by atoms with van der Waals surface area (Å²) in [4.78, 5) is 2.26. The number of nitrogens with zero attached hydrogens (tertiary/aromatic N) is 1. The van der Waals surface area contributed by atoms with E-state index in [-0.39, 0.29) is 0 Å². The van der Waals surface area contributed by atoms with Crippen LogP contribution in [0.3, 0.4) is 0 Å². The molecular formula is C14H22ClN3O3S. The number of anilines is 1. The number of benzene rings is 1. The predicted octanol–water partition coefficient (Wildman–Crippen LogP) is 1.83. The highest BCUT2D eigenvalue weighted by Gasteiger charge is 2.14. The topological polar surface area (TPSA) is 70.7 Å². The summed E-state index contributed by atoms with van der Waals surface area (Å²) in [5, 5.41) is 0.558. The maximum Gasteiger partial charge on any atom is 0.299 e. The summed E-state index contributed by atoms with van der Waals surface area (Å²) in [7, 11) is -3.54. The second-order valence-corrected chi connectivity index (χ2v) is 7.10.